The van der Waals surface area contributed by atoms with Crippen LogP contribution in [0.5, 0.6) is 0 Å². The minimum absolute atomic E-state index is 0.0409. The predicted octanol–water partition coefficient (Wildman–Crippen LogP) is 4.14. The van der Waals surface area contributed by atoms with E-state index >= 15 is 0 Å². The van der Waals surface area contributed by atoms with Crippen molar-refractivity contribution in [1.29, 1.82) is 0 Å². The van der Waals surface area contributed by atoms with Crippen molar-refractivity contribution in [3.63, 3.8) is 0 Å². The van der Waals surface area contributed by atoms with Gasteiger partial charge in [0, 0.05) is 20.0 Å². The molecule has 0 aromatic heterocycles. The summed E-state index contributed by atoms with van der Waals surface area (Å²) >= 11 is 0. The molecule has 2 atom stereocenters. The molecule has 4 heteroatoms. The van der Waals surface area contributed by atoms with Crippen LogP contribution in [0.2, 0.25) is 0 Å². The summed E-state index contributed by atoms with van der Waals surface area (Å²) in [6.45, 7) is 5.09. The topological polar surface area (TPSA) is 66.8 Å². The fraction of sp³-hybridized carbons (Fsp3) is 0.842. The van der Waals surface area contributed by atoms with Crippen LogP contribution in [0.1, 0.15) is 84.0 Å². The third-order valence-corrected chi connectivity index (χ3v) is 4.01. The molecule has 0 bridgehead atoms. The molecule has 0 saturated carbocycles. The van der Waals surface area contributed by atoms with Crippen LogP contribution in [0.25, 0.3) is 0 Å². The van der Waals surface area contributed by atoms with E-state index < -0.39 is 6.10 Å². The molecular formula is C19H36O4. The van der Waals surface area contributed by atoms with Gasteiger partial charge < -0.3 is 14.9 Å². The molecule has 4 nitrogen and oxygen atoms in total. The van der Waals surface area contributed by atoms with Crippen LogP contribution in [0.15, 0.2) is 12.7 Å². The maximum Gasteiger partial charge on any atom is 0.302 e. The summed E-state index contributed by atoms with van der Waals surface area (Å²) in [7, 11) is 0. The molecule has 0 heterocycles. The molecule has 136 valence electrons. The molecule has 0 aliphatic heterocycles. The zero-order chi connectivity index (χ0) is 17.3. The highest BCUT2D eigenvalue weighted by molar-refractivity contribution is 5.66. The highest BCUT2D eigenvalue weighted by Gasteiger charge is 2.16. The summed E-state index contributed by atoms with van der Waals surface area (Å²) in [5, 5.41) is 18.6. The van der Waals surface area contributed by atoms with E-state index in [0.717, 1.165) is 25.7 Å². The fourth-order valence-electron chi connectivity index (χ4n) is 2.75. The number of esters is 1. The van der Waals surface area contributed by atoms with Crippen LogP contribution in [0, 0.1) is 0 Å². The van der Waals surface area contributed by atoms with E-state index in [2.05, 4.69) is 6.58 Å². The SMILES string of the molecule is C=CCCCCCCCCCC[C@H](C[C@H](O)CCO)OC(C)=O. The van der Waals surface area contributed by atoms with Crippen LogP contribution in [-0.4, -0.2) is 35.0 Å². The van der Waals surface area contributed by atoms with Crippen molar-refractivity contribution < 1.29 is 19.7 Å². The van der Waals surface area contributed by atoms with Crippen molar-refractivity contribution in [2.24, 2.45) is 0 Å². The predicted molar refractivity (Wildman–Crippen MR) is 94.2 cm³/mol. The van der Waals surface area contributed by atoms with Crippen molar-refractivity contribution in [1.82, 2.24) is 0 Å². The molecule has 0 saturated heterocycles. The quantitative estimate of drug-likeness (QED) is 0.254. The normalized spacial score (nSPS) is 13.5. The van der Waals surface area contributed by atoms with E-state index in [1.807, 2.05) is 6.08 Å². The highest BCUT2D eigenvalue weighted by atomic mass is 16.5. The zero-order valence-corrected chi connectivity index (χ0v) is 14.8. The van der Waals surface area contributed by atoms with E-state index in [1.54, 1.807) is 0 Å². The number of rotatable bonds is 16. The summed E-state index contributed by atoms with van der Waals surface area (Å²) in [4.78, 5) is 11.1. The van der Waals surface area contributed by atoms with Gasteiger partial charge in [-0.2, -0.15) is 0 Å². The van der Waals surface area contributed by atoms with Crippen LogP contribution in [0.3, 0.4) is 0 Å². The van der Waals surface area contributed by atoms with E-state index in [1.165, 1.54) is 45.4 Å². The van der Waals surface area contributed by atoms with Gasteiger partial charge in [-0.25, -0.2) is 0 Å². The number of ether oxygens (including phenoxy) is 1. The monoisotopic (exact) mass is 328 g/mol. The van der Waals surface area contributed by atoms with Crippen molar-refractivity contribution in [2.45, 2.75) is 96.2 Å². The van der Waals surface area contributed by atoms with Gasteiger partial charge in [-0.3, -0.25) is 4.79 Å². The van der Waals surface area contributed by atoms with Crippen LogP contribution >= 0.6 is 0 Å². The Morgan fingerprint density at radius 3 is 2.13 bits per heavy atom. The van der Waals surface area contributed by atoms with Crippen LogP contribution in [0.4, 0.5) is 0 Å². The third kappa shape index (κ3) is 15.8. The second-order valence-corrected chi connectivity index (χ2v) is 6.33. The average molecular weight is 328 g/mol. The maximum atomic E-state index is 11.1. The third-order valence-electron chi connectivity index (χ3n) is 4.01. The number of carbonyl (C=O) groups is 1. The molecular weight excluding hydrogens is 292 g/mol. The van der Waals surface area contributed by atoms with Gasteiger partial charge in [-0.05, 0) is 32.1 Å². The Hall–Kier alpha value is -0.870. The van der Waals surface area contributed by atoms with Crippen LogP contribution in [-0.2, 0) is 9.53 Å². The van der Waals surface area contributed by atoms with E-state index in [0.29, 0.717) is 12.8 Å². The first kappa shape index (κ1) is 22.1. The van der Waals surface area contributed by atoms with Gasteiger partial charge >= 0.3 is 5.97 Å². The summed E-state index contributed by atoms with van der Waals surface area (Å²) < 4.78 is 5.26. The first-order chi connectivity index (χ1) is 11.1. The lowest BCUT2D eigenvalue weighted by molar-refractivity contribution is -0.148. The van der Waals surface area contributed by atoms with Gasteiger partial charge in [-0.1, -0.05) is 44.6 Å². The Balaban J connectivity index is 3.65. The molecule has 0 unspecified atom stereocenters. The van der Waals surface area contributed by atoms with E-state index in [9.17, 15) is 9.90 Å². The molecule has 0 amide bonds. The van der Waals surface area contributed by atoms with Gasteiger partial charge in [0.15, 0.2) is 0 Å². The van der Waals surface area contributed by atoms with Gasteiger partial charge in [0.2, 0.25) is 0 Å². The van der Waals surface area contributed by atoms with E-state index in [-0.39, 0.29) is 18.7 Å². The number of aliphatic hydroxyl groups excluding tert-OH is 2. The van der Waals surface area contributed by atoms with Crippen molar-refractivity contribution in [3.05, 3.63) is 12.7 Å². The molecule has 0 aromatic rings. The lowest BCUT2D eigenvalue weighted by Crippen LogP contribution is -2.23. The summed E-state index contributed by atoms with van der Waals surface area (Å²) in [6, 6.07) is 0. The van der Waals surface area contributed by atoms with Crippen molar-refractivity contribution >= 4 is 5.97 Å². The number of allylic oxidation sites excluding steroid dienone is 1. The molecule has 0 rings (SSSR count). The molecule has 23 heavy (non-hydrogen) atoms. The standard InChI is InChI=1S/C19H36O4/c1-3-4-5-6-7-8-9-10-11-12-13-19(23-17(2)21)16-18(22)14-15-20/h3,18-20,22H,1,4-16H2,2H3/t18-,19-/m1/s1. The molecule has 0 radical (unpaired) electrons. The lowest BCUT2D eigenvalue weighted by atomic mass is 10.0. The number of unbranched alkanes of at least 4 members (excludes halogenated alkanes) is 8. The second kappa shape index (κ2) is 16.0. The first-order valence-electron chi connectivity index (χ1n) is 9.17. The van der Waals surface area contributed by atoms with Crippen molar-refractivity contribution in [3.8, 4) is 0 Å². The Morgan fingerprint density at radius 1 is 1.04 bits per heavy atom. The fourth-order valence-corrected chi connectivity index (χ4v) is 2.75. The average Bonchev–Trinajstić information content (AvgIpc) is 2.48. The van der Waals surface area contributed by atoms with Gasteiger partial charge in [0.05, 0.1) is 6.10 Å². The number of hydrogen-bond donors (Lipinski definition) is 2. The molecule has 0 spiro atoms. The number of carbonyl (C=O) groups excluding carboxylic acids is 1. The smallest absolute Gasteiger partial charge is 0.302 e. The van der Waals surface area contributed by atoms with Gasteiger partial charge in [0.25, 0.3) is 0 Å². The van der Waals surface area contributed by atoms with Gasteiger partial charge in [0.1, 0.15) is 6.10 Å². The molecule has 2 N–H and O–H groups in total. The minimum atomic E-state index is -0.597. The maximum absolute atomic E-state index is 11.1. The highest BCUT2D eigenvalue weighted by Crippen LogP contribution is 2.16. The van der Waals surface area contributed by atoms with Gasteiger partial charge in [-0.15, -0.1) is 6.58 Å². The molecule has 0 aliphatic carbocycles. The summed E-state index contributed by atoms with van der Waals surface area (Å²) in [5.41, 5.74) is 0. The molecule has 0 aromatic carbocycles. The Labute approximate surface area is 141 Å². The lowest BCUT2D eigenvalue weighted by Gasteiger charge is -2.20. The first-order valence-corrected chi connectivity index (χ1v) is 9.17. The Kier molecular flexibility index (Phi) is 15.4. The van der Waals surface area contributed by atoms with Crippen LogP contribution < -0.4 is 0 Å². The van der Waals surface area contributed by atoms with E-state index in [4.69, 9.17) is 9.84 Å². The molecule has 0 aliphatic rings. The summed E-state index contributed by atoms with van der Waals surface area (Å²) in [6.07, 6.45) is 13.6. The molecule has 0 fully saturated rings. The second-order valence-electron chi connectivity index (χ2n) is 6.33. The largest absolute Gasteiger partial charge is 0.462 e. The number of aliphatic hydroxyl groups is 2. The Morgan fingerprint density at radius 2 is 1.61 bits per heavy atom. The summed E-state index contributed by atoms with van der Waals surface area (Å²) in [5.74, 6) is -0.300. The zero-order valence-electron chi connectivity index (χ0n) is 14.8. The minimum Gasteiger partial charge on any atom is -0.462 e. The number of hydrogen-bond acceptors (Lipinski definition) is 4. The van der Waals surface area contributed by atoms with Crippen molar-refractivity contribution in [2.75, 3.05) is 6.61 Å². The Bertz CT molecular complexity index is 291.